The highest BCUT2D eigenvalue weighted by Crippen LogP contribution is 1.97. The van der Waals surface area contributed by atoms with Crippen molar-refractivity contribution in [1.82, 2.24) is 10.6 Å². The molecule has 0 bridgehead atoms. The van der Waals surface area contributed by atoms with Crippen LogP contribution in [-0.2, 0) is 9.59 Å². The van der Waals surface area contributed by atoms with Gasteiger partial charge in [-0.1, -0.05) is 6.92 Å². The van der Waals surface area contributed by atoms with Gasteiger partial charge in [-0.2, -0.15) is 0 Å². The van der Waals surface area contributed by atoms with Gasteiger partial charge in [0, 0.05) is 19.9 Å². The summed E-state index contributed by atoms with van der Waals surface area (Å²) in [4.78, 5) is 32.4. The molecule has 1 unspecified atom stereocenters. The van der Waals surface area contributed by atoms with E-state index in [4.69, 9.17) is 5.11 Å². The normalized spacial score (nSPS) is 11.6. The molecule has 0 aromatic heterocycles. The van der Waals surface area contributed by atoms with Crippen molar-refractivity contribution in [2.45, 2.75) is 25.8 Å². The van der Waals surface area contributed by atoms with Gasteiger partial charge in [0.15, 0.2) is 0 Å². The molecule has 0 fully saturated rings. The van der Waals surface area contributed by atoms with Crippen LogP contribution in [0.2, 0.25) is 0 Å². The highest BCUT2D eigenvalue weighted by atomic mass is 16.4. The lowest BCUT2D eigenvalue weighted by molar-refractivity contribution is -0.140. The fourth-order valence-corrected chi connectivity index (χ4v) is 0.803. The average molecular weight is 202 g/mol. The largest absolute Gasteiger partial charge is 0.480 e. The number of hydrogen-bond acceptors (Lipinski definition) is 3. The molecule has 0 aromatic rings. The molecule has 0 rings (SSSR count). The lowest BCUT2D eigenvalue weighted by Crippen LogP contribution is -2.45. The number of urea groups is 1. The summed E-state index contributed by atoms with van der Waals surface area (Å²) in [5.41, 5.74) is 0. The van der Waals surface area contributed by atoms with E-state index in [1.807, 2.05) is 0 Å². The highest BCUT2D eigenvalue weighted by molar-refractivity contribution is 5.88. The van der Waals surface area contributed by atoms with Crippen LogP contribution in [0.15, 0.2) is 0 Å². The molecule has 0 saturated carbocycles. The fraction of sp³-hybridized carbons (Fsp3) is 0.625. The first-order valence-electron chi connectivity index (χ1n) is 4.24. The number of Topliss-reactive ketones (excluding diaryl/α,β-unsaturated/α-hetero) is 1. The van der Waals surface area contributed by atoms with Crippen LogP contribution in [0.4, 0.5) is 4.79 Å². The number of ketones is 1. The Kier molecular flexibility index (Phi) is 5.28. The highest BCUT2D eigenvalue weighted by Gasteiger charge is 2.21. The van der Waals surface area contributed by atoms with Gasteiger partial charge in [-0.05, 0) is 0 Å². The van der Waals surface area contributed by atoms with E-state index in [0.29, 0.717) is 0 Å². The first-order chi connectivity index (χ1) is 6.51. The third-order valence-corrected chi connectivity index (χ3v) is 1.66. The molecule has 0 aliphatic rings. The number of rotatable bonds is 5. The molecular weight excluding hydrogens is 188 g/mol. The van der Waals surface area contributed by atoms with E-state index in [0.717, 1.165) is 0 Å². The minimum absolute atomic E-state index is 0.181. The predicted octanol–water partition coefficient (Wildman–Crippen LogP) is -0.262. The Morgan fingerprint density at radius 1 is 1.36 bits per heavy atom. The molecule has 0 saturated heterocycles. The first-order valence-corrected chi connectivity index (χ1v) is 4.24. The molecule has 1 atom stereocenters. The fourth-order valence-electron chi connectivity index (χ4n) is 0.803. The summed E-state index contributed by atoms with van der Waals surface area (Å²) >= 11 is 0. The minimum Gasteiger partial charge on any atom is -0.480 e. The number of carbonyl (C=O) groups excluding carboxylic acids is 2. The smallest absolute Gasteiger partial charge is 0.326 e. The van der Waals surface area contributed by atoms with Gasteiger partial charge in [-0.3, -0.25) is 4.79 Å². The Hall–Kier alpha value is -1.59. The van der Waals surface area contributed by atoms with Crippen LogP contribution in [0, 0.1) is 0 Å². The van der Waals surface area contributed by atoms with Gasteiger partial charge in [0.1, 0.15) is 11.8 Å². The number of hydrogen-bond donors (Lipinski definition) is 3. The van der Waals surface area contributed by atoms with Crippen molar-refractivity contribution in [3.05, 3.63) is 0 Å². The third kappa shape index (κ3) is 4.44. The lowest BCUT2D eigenvalue weighted by atomic mass is 10.1. The minimum atomic E-state index is -1.21. The number of aliphatic carboxylic acids is 1. The van der Waals surface area contributed by atoms with Crippen molar-refractivity contribution in [3.63, 3.8) is 0 Å². The quantitative estimate of drug-likeness (QED) is 0.572. The molecule has 80 valence electrons. The molecule has 2 amide bonds. The van der Waals surface area contributed by atoms with E-state index >= 15 is 0 Å². The number of amides is 2. The van der Waals surface area contributed by atoms with Crippen LogP contribution in [-0.4, -0.2) is 36.0 Å². The van der Waals surface area contributed by atoms with Crippen molar-refractivity contribution in [2.24, 2.45) is 0 Å². The standard InChI is InChI=1S/C8H14N2O4/c1-3-5(11)4-6(7(12)13)10-8(14)9-2/h6H,3-4H2,1-2H3,(H,12,13)(H2,9,10,14). The zero-order valence-corrected chi connectivity index (χ0v) is 8.16. The van der Waals surface area contributed by atoms with Gasteiger partial charge >= 0.3 is 12.0 Å². The van der Waals surface area contributed by atoms with Crippen molar-refractivity contribution in [2.75, 3.05) is 7.05 Å². The second-order valence-corrected chi connectivity index (χ2v) is 2.71. The number of nitrogens with one attached hydrogen (secondary N) is 2. The monoisotopic (exact) mass is 202 g/mol. The van der Waals surface area contributed by atoms with Gasteiger partial charge < -0.3 is 15.7 Å². The van der Waals surface area contributed by atoms with Crippen LogP contribution < -0.4 is 10.6 Å². The molecule has 14 heavy (non-hydrogen) atoms. The van der Waals surface area contributed by atoms with Crippen molar-refractivity contribution >= 4 is 17.8 Å². The summed E-state index contributed by atoms with van der Waals surface area (Å²) in [6, 6.07) is -1.76. The van der Waals surface area contributed by atoms with E-state index in [9.17, 15) is 14.4 Å². The Labute approximate surface area is 81.7 Å². The van der Waals surface area contributed by atoms with E-state index in [2.05, 4.69) is 10.6 Å². The Bertz CT molecular complexity index is 221. The number of carboxylic acid groups (broad SMARTS) is 1. The van der Waals surface area contributed by atoms with Gasteiger partial charge in [0.05, 0.1) is 0 Å². The predicted molar refractivity (Wildman–Crippen MR) is 48.9 cm³/mol. The zero-order chi connectivity index (χ0) is 11.1. The van der Waals surface area contributed by atoms with Crippen LogP contribution in [0.3, 0.4) is 0 Å². The molecule has 3 N–H and O–H groups in total. The van der Waals surface area contributed by atoms with Gasteiger partial charge in [0.25, 0.3) is 0 Å². The van der Waals surface area contributed by atoms with Crippen molar-refractivity contribution in [3.8, 4) is 0 Å². The van der Waals surface area contributed by atoms with Crippen LogP contribution in [0.5, 0.6) is 0 Å². The van der Waals surface area contributed by atoms with Gasteiger partial charge in [0.2, 0.25) is 0 Å². The summed E-state index contributed by atoms with van der Waals surface area (Å²) in [6.07, 6.45) is 0.0818. The molecule has 6 nitrogen and oxygen atoms in total. The Morgan fingerprint density at radius 3 is 2.29 bits per heavy atom. The zero-order valence-electron chi connectivity index (χ0n) is 8.16. The summed E-state index contributed by atoms with van der Waals surface area (Å²) in [6.45, 7) is 1.64. The summed E-state index contributed by atoms with van der Waals surface area (Å²) in [5, 5.41) is 13.0. The molecule has 0 aliphatic heterocycles. The summed E-state index contributed by atoms with van der Waals surface area (Å²) < 4.78 is 0. The van der Waals surface area contributed by atoms with Gasteiger partial charge in [-0.15, -0.1) is 0 Å². The van der Waals surface area contributed by atoms with Crippen molar-refractivity contribution in [1.29, 1.82) is 0 Å². The topological polar surface area (TPSA) is 95.5 Å². The molecule has 0 aliphatic carbocycles. The maximum atomic E-state index is 11.0. The van der Waals surface area contributed by atoms with E-state index < -0.39 is 18.0 Å². The molecule has 6 heteroatoms. The van der Waals surface area contributed by atoms with Gasteiger partial charge in [-0.25, -0.2) is 9.59 Å². The second-order valence-electron chi connectivity index (χ2n) is 2.71. The Morgan fingerprint density at radius 2 is 1.93 bits per heavy atom. The summed E-state index contributed by atoms with van der Waals surface area (Å²) in [5.74, 6) is -1.41. The molecular formula is C8H14N2O4. The van der Waals surface area contributed by atoms with Crippen molar-refractivity contribution < 1.29 is 19.5 Å². The first kappa shape index (κ1) is 12.4. The molecule has 0 aromatic carbocycles. The third-order valence-electron chi connectivity index (χ3n) is 1.66. The second kappa shape index (κ2) is 5.95. The lowest BCUT2D eigenvalue weighted by Gasteiger charge is -2.12. The van der Waals surface area contributed by atoms with E-state index in [1.165, 1.54) is 7.05 Å². The number of carboxylic acids is 1. The molecule has 0 radical (unpaired) electrons. The molecule has 0 heterocycles. The van der Waals surface area contributed by atoms with Crippen LogP contribution in [0.1, 0.15) is 19.8 Å². The molecule has 0 spiro atoms. The average Bonchev–Trinajstić information content (AvgIpc) is 2.16. The van der Waals surface area contributed by atoms with Crippen LogP contribution >= 0.6 is 0 Å². The maximum absolute atomic E-state index is 11.0. The number of carbonyl (C=O) groups is 3. The Balaban J connectivity index is 4.23. The van der Waals surface area contributed by atoms with Crippen LogP contribution in [0.25, 0.3) is 0 Å². The van der Waals surface area contributed by atoms with E-state index in [-0.39, 0.29) is 18.6 Å². The van der Waals surface area contributed by atoms with E-state index in [1.54, 1.807) is 6.92 Å². The summed E-state index contributed by atoms with van der Waals surface area (Å²) in [7, 11) is 1.37. The maximum Gasteiger partial charge on any atom is 0.326 e. The SMILES string of the molecule is CCC(=O)CC(NC(=O)NC)C(=O)O.